The molecule has 0 heterocycles. The van der Waals surface area contributed by atoms with E-state index in [1.54, 1.807) is 14.2 Å². The molecule has 0 fully saturated rings. The van der Waals surface area contributed by atoms with E-state index in [2.05, 4.69) is 23.5 Å². The van der Waals surface area contributed by atoms with Crippen LogP contribution in [-0.4, -0.2) is 26.7 Å². The van der Waals surface area contributed by atoms with Crippen LogP contribution in [0.25, 0.3) is 5.57 Å². The number of methoxy groups -OCH3 is 2. The van der Waals surface area contributed by atoms with Gasteiger partial charge in [-0.25, -0.2) is 0 Å². The lowest BCUT2D eigenvalue weighted by molar-refractivity contribution is -0.121. The van der Waals surface area contributed by atoms with Gasteiger partial charge in [0.1, 0.15) is 11.5 Å². The minimum Gasteiger partial charge on any atom is -0.496 e. The average Bonchev–Trinajstić information content (AvgIpc) is 2.63. The van der Waals surface area contributed by atoms with E-state index in [1.807, 2.05) is 6.92 Å². The van der Waals surface area contributed by atoms with Gasteiger partial charge in [0.05, 0.1) is 14.2 Å². The molecule has 0 bridgehead atoms. The Kier molecular flexibility index (Phi) is 5.47. The fraction of sp³-hybridized carbons (Fsp3) is 0.476. The zero-order valence-electron chi connectivity index (χ0n) is 15.4. The van der Waals surface area contributed by atoms with Crippen molar-refractivity contribution in [3.05, 3.63) is 46.2 Å². The van der Waals surface area contributed by atoms with E-state index in [4.69, 9.17) is 9.47 Å². The van der Waals surface area contributed by atoms with Crippen LogP contribution in [-0.2, 0) is 22.4 Å². The van der Waals surface area contributed by atoms with Gasteiger partial charge in [-0.15, -0.1) is 0 Å². The first-order valence-electron chi connectivity index (χ1n) is 9.11. The van der Waals surface area contributed by atoms with Gasteiger partial charge in [0, 0.05) is 24.1 Å². The van der Waals surface area contributed by atoms with Crippen molar-refractivity contribution in [3.63, 3.8) is 0 Å². The first-order chi connectivity index (χ1) is 12.2. The summed E-state index contributed by atoms with van der Waals surface area (Å²) in [5.41, 5.74) is 6.50. The summed E-state index contributed by atoms with van der Waals surface area (Å²) < 4.78 is 11.3. The lowest BCUT2D eigenvalue weighted by atomic mass is 9.77. The number of carbonyl (C=O) groups is 1. The first kappa shape index (κ1) is 17.6. The van der Waals surface area contributed by atoms with Crippen LogP contribution in [0.15, 0.2) is 29.5 Å². The van der Waals surface area contributed by atoms with Crippen LogP contribution in [0, 0.1) is 0 Å². The highest BCUT2D eigenvalue weighted by Crippen LogP contribution is 2.45. The fourth-order valence-electron chi connectivity index (χ4n) is 3.88. The van der Waals surface area contributed by atoms with Crippen molar-refractivity contribution in [2.24, 2.45) is 0 Å². The molecule has 0 unspecified atom stereocenters. The SMILES string of the molecule is CCCC(=O)NCCC1=C2C(OC)=CCc3ccc(OC)c(c32)CC1. The lowest BCUT2D eigenvalue weighted by Crippen LogP contribution is -2.25. The molecule has 2 aliphatic carbocycles. The maximum Gasteiger partial charge on any atom is 0.219 e. The number of benzene rings is 1. The fourth-order valence-corrected chi connectivity index (χ4v) is 3.88. The summed E-state index contributed by atoms with van der Waals surface area (Å²) in [5, 5.41) is 3.03. The van der Waals surface area contributed by atoms with E-state index in [0.717, 1.165) is 43.6 Å². The molecule has 0 saturated heterocycles. The molecule has 3 rings (SSSR count). The molecule has 2 aliphatic rings. The number of amides is 1. The summed E-state index contributed by atoms with van der Waals surface area (Å²) in [4.78, 5) is 11.7. The van der Waals surface area contributed by atoms with Crippen LogP contribution in [0.1, 0.15) is 49.3 Å². The summed E-state index contributed by atoms with van der Waals surface area (Å²) in [6, 6.07) is 4.24. The number of nitrogens with one attached hydrogen (secondary N) is 1. The van der Waals surface area contributed by atoms with Crippen LogP contribution in [0.3, 0.4) is 0 Å². The molecule has 0 saturated carbocycles. The van der Waals surface area contributed by atoms with E-state index in [9.17, 15) is 4.79 Å². The third-order valence-corrected chi connectivity index (χ3v) is 5.06. The van der Waals surface area contributed by atoms with Crippen LogP contribution in [0.5, 0.6) is 5.75 Å². The standard InChI is InChI=1S/C21H27NO3/c1-4-5-19(23)22-13-12-15-6-9-16-17(24-2)10-7-14-8-11-18(25-3)21(15)20(14)16/h7,10-11H,4-6,8-9,12-13H2,1-3H3,(H,22,23). The zero-order chi connectivity index (χ0) is 17.8. The maximum atomic E-state index is 11.7. The highest BCUT2D eigenvalue weighted by Gasteiger charge is 2.29. The second-order valence-electron chi connectivity index (χ2n) is 6.59. The smallest absolute Gasteiger partial charge is 0.219 e. The molecule has 0 aromatic heterocycles. The Morgan fingerprint density at radius 3 is 2.76 bits per heavy atom. The van der Waals surface area contributed by atoms with Gasteiger partial charge in [-0.3, -0.25) is 4.79 Å². The minimum absolute atomic E-state index is 0.137. The van der Waals surface area contributed by atoms with Crippen molar-refractivity contribution in [2.75, 3.05) is 20.8 Å². The second-order valence-corrected chi connectivity index (χ2v) is 6.59. The van der Waals surface area contributed by atoms with Crippen LogP contribution in [0.2, 0.25) is 0 Å². The molecule has 134 valence electrons. The minimum atomic E-state index is 0.137. The predicted molar refractivity (Wildman–Crippen MR) is 99.6 cm³/mol. The quantitative estimate of drug-likeness (QED) is 0.821. The third kappa shape index (κ3) is 3.44. The van der Waals surface area contributed by atoms with E-state index < -0.39 is 0 Å². The van der Waals surface area contributed by atoms with Crippen molar-refractivity contribution in [2.45, 2.75) is 45.4 Å². The summed E-state index contributed by atoms with van der Waals surface area (Å²) in [5.74, 6) is 2.05. The van der Waals surface area contributed by atoms with Gasteiger partial charge >= 0.3 is 0 Å². The predicted octanol–water partition coefficient (Wildman–Crippen LogP) is 3.79. The normalized spacial score (nSPS) is 15.4. The monoisotopic (exact) mass is 341 g/mol. The molecule has 25 heavy (non-hydrogen) atoms. The molecule has 1 amide bonds. The van der Waals surface area contributed by atoms with Crippen molar-refractivity contribution >= 4 is 11.5 Å². The van der Waals surface area contributed by atoms with Crippen molar-refractivity contribution in [3.8, 4) is 5.75 Å². The highest BCUT2D eigenvalue weighted by atomic mass is 16.5. The molecule has 4 nitrogen and oxygen atoms in total. The van der Waals surface area contributed by atoms with Gasteiger partial charge in [-0.05, 0) is 55.4 Å². The maximum absolute atomic E-state index is 11.7. The molecule has 1 N–H and O–H groups in total. The Morgan fingerprint density at radius 2 is 2.04 bits per heavy atom. The average molecular weight is 341 g/mol. The molecule has 1 aromatic rings. The Labute approximate surface area is 149 Å². The Hall–Kier alpha value is -2.23. The van der Waals surface area contributed by atoms with E-state index in [0.29, 0.717) is 13.0 Å². The molecule has 0 spiro atoms. The summed E-state index contributed by atoms with van der Waals surface area (Å²) >= 11 is 0. The number of rotatable bonds is 7. The Balaban J connectivity index is 1.92. The van der Waals surface area contributed by atoms with Gasteiger partial charge in [0.25, 0.3) is 0 Å². The summed E-state index contributed by atoms with van der Waals surface area (Å²) in [6.07, 6.45) is 7.35. The number of hydrogen-bond donors (Lipinski definition) is 1. The molecule has 4 heteroatoms. The summed E-state index contributed by atoms with van der Waals surface area (Å²) in [6.45, 7) is 2.71. The van der Waals surface area contributed by atoms with E-state index in [1.165, 1.54) is 27.8 Å². The topological polar surface area (TPSA) is 47.6 Å². The third-order valence-electron chi connectivity index (χ3n) is 5.06. The van der Waals surface area contributed by atoms with Crippen LogP contribution < -0.4 is 10.1 Å². The molecule has 1 aromatic carbocycles. The largest absolute Gasteiger partial charge is 0.496 e. The Bertz CT molecular complexity index is 731. The molecule has 0 atom stereocenters. The van der Waals surface area contributed by atoms with E-state index in [-0.39, 0.29) is 5.91 Å². The number of allylic oxidation sites excluding steroid dienone is 2. The van der Waals surface area contributed by atoms with Crippen LogP contribution >= 0.6 is 0 Å². The second kappa shape index (κ2) is 7.77. The molecular weight excluding hydrogens is 314 g/mol. The molecular formula is C21H27NO3. The van der Waals surface area contributed by atoms with Crippen LogP contribution in [0.4, 0.5) is 0 Å². The van der Waals surface area contributed by atoms with Gasteiger partial charge < -0.3 is 14.8 Å². The zero-order valence-corrected chi connectivity index (χ0v) is 15.4. The first-order valence-corrected chi connectivity index (χ1v) is 9.11. The van der Waals surface area contributed by atoms with Gasteiger partial charge in [-0.1, -0.05) is 18.6 Å². The van der Waals surface area contributed by atoms with Crippen molar-refractivity contribution in [1.82, 2.24) is 5.32 Å². The highest BCUT2D eigenvalue weighted by molar-refractivity contribution is 5.87. The lowest BCUT2D eigenvalue weighted by Gasteiger charge is -2.30. The number of ether oxygens (including phenoxy) is 2. The summed E-state index contributed by atoms with van der Waals surface area (Å²) in [7, 11) is 3.47. The Morgan fingerprint density at radius 1 is 1.20 bits per heavy atom. The molecule has 0 radical (unpaired) electrons. The van der Waals surface area contributed by atoms with Gasteiger partial charge in [0.15, 0.2) is 0 Å². The number of carbonyl (C=O) groups excluding carboxylic acids is 1. The number of hydrogen-bond acceptors (Lipinski definition) is 3. The van der Waals surface area contributed by atoms with Crippen molar-refractivity contribution < 1.29 is 14.3 Å². The van der Waals surface area contributed by atoms with E-state index >= 15 is 0 Å². The van der Waals surface area contributed by atoms with Gasteiger partial charge in [0.2, 0.25) is 5.91 Å². The van der Waals surface area contributed by atoms with Gasteiger partial charge in [-0.2, -0.15) is 0 Å². The molecule has 0 aliphatic heterocycles. The van der Waals surface area contributed by atoms with Crippen molar-refractivity contribution in [1.29, 1.82) is 0 Å².